The van der Waals surface area contributed by atoms with E-state index in [9.17, 15) is 9.90 Å². The molecule has 2 N–H and O–H groups in total. The number of nitrogens with zero attached hydrogens (tertiary/aromatic N) is 1. The molecule has 1 amide bonds. The maximum atomic E-state index is 12.5. The molecule has 0 bridgehead atoms. The van der Waals surface area contributed by atoms with Crippen LogP contribution in [-0.2, 0) is 10.4 Å². The first-order valence-electron chi connectivity index (χ1n) is 6.54. The summed E-state index contributed by atoms with van der Waals surface area (Å²) in [6, 6.07) is 7.55. The molecule has 1 aromatic rings. The molecule has 19 heavy (non-hydrogen) atoms. The minimum Gasteiger partial charge on any atom is -0.385 e. The van der Waals surface area contributed by atoms with Crippen LogP contribution in [0.25, 0.3) is 0 Å². The minimum atomic E-state index is -0.842. The molecular formula is C14H18N2O2S. The highest BCUT2D eigenvalue weighted by Gasteiger charge is 2.37. The second-order valence-electron chi connectivity index (χ2n) is 5.30. The summed E-state index contributed by atoms with van der Waals surface area (Å²) < 4.78 is 0. The number of hydrogen-bond acceptors (Lipinski definition) is 4. The Morgan fingerprint density at radius 3 is 3.05 bits per heavy atom. The van der Waals surface area contributed by atoms with Crippen molar-refractivity contribution in [2.75, 3.05) is 23.1 Å². The predicted molar refractivity (Wildman–Crippen MR) is 77.2 cm³/mol. The molecule has 3 rings (SSSR count). The summed E-state index contributed by atoms with van der Waals surface area (Å²) in [5.74, 6) is 1.78. The lowest BCUT2D eigenvalue weighted by atomic mass is 9.87. The zero-order valence-corrected chi connectivity index (χ0v) is 11.7. The Hall–Kier alpha value is -1.04. The number of amides is 1. The van der Waals surface area contributed by atoms with E-state index in [0.717, 1.165) is 22.9 Å². The zero-order chi connectivity index (χ0) is 13.5. The Kier molecular flexibility index (Phi) is 3.28. The number of hydrogen-bond donors (Lipinski definition) is 2. The van der Waals surface area contributed by atoms with Gasteiger partial charge in [-0.1, -0.05) is 18.2 Å². The summed E-state index contributed by atoms with van der Waals surface area (Å²) in [6.07, 6.45) is 0.579. The average molecular weight is 278 g/mol. The normalized spacial score (nSPS) is 30.2. The van der Waals surface area contributed by atoms with E-state index in [1.54, 1.807) is 11.8 Å². The van der Waals surface area contributed by atoms with Gasteiger partial charge in [-0.05, 0) is 19.4 Å². The van der Waals surface area contributed by atoms with Crippen LogP contribution >= 0.6 is 11.8 Å². The van der Waals surface area contributed by atoms with Gasteiger partial charge in [0.15, 0.2) is 0 Å². The van der Waals surface area contributed by atoms with Crippen molar-refractivity contribution in [1.29, 1.82) is 0 Å². The van der Waals surface area contributed by atoms with Crippen molar-refractivity contribution in [3.63, 3.8) is 0 Å². The Morgan fingerprint density at radius 2 is 2.32 bits per heavy atom. The Labute approximate surface area is 117 Å². The van der Waals surface area contributed by atoms with Crippen molar-refractivity contribution >= 4 is 23.4 Å². The maximum Gasteiger partial charge on any atom is 0.245 e. The van der Waals surface area contributed by atoms with Crippen LogP contribution < -0.4 is 10.2 Å². The van der Waals surface area contributed by atoms with E-state index in [0.29, 0.717) is 13.0 Å². The molecule has 2 aliphatic heterocycles. The summed E-state index contributed by atoms with van der Waals surface area (Å²) in [6.45, 7) is 2.39. The summed E-state index contributed by atoms with van der Waals surface area (Å²) in [5, 5.41) is 13.6. The number of carbonyl (C=O) groups excluding carboxylic acids is 1. The van der Waals surface area contributed by atoms with E-state index in [-0.39, 0.29) is 11.9 Å². The van der Waals surface area contributed by atoms with Gasteiger partial charge in [0, 0.05) is 29.4 Å². The number of anilines is 1. The van der Waals surface area contributed by atoms with E-state index in [4.69, 9.17) is 0 Å². The van der Waals surface area contributed by atoms with E-state index in [1.165, 1.54) is 0 Å². The number of aliphatic hydroxyl groups is 1. The van der Waals surface area contributed by atoms with Gasteiger partial charge in [0.1, 0.15) is 0 Å². The Bertz CT molecular complexity index is 498. The summed E-state index contributed by atoms with van der Waals surface area (Å²) in [4.78, 5) is 14.4. The molecule has 2 atom stereocenters. The van der Waals surface area contributed by atoms with Gasteiger partial charge in [-0.15, -0.1) is 11.8 Å². The standard InChI is InChI=1S/C14H18N2O2S/c1-14(18)6-7-16(12-5-3-2-4-10(12)14)13(17)11-8-19-9-15-11/h2-5,11,15,18H,6-9H2,1H3. The first-order valence-corrected chi connectivity index (χ1v) is 7.69. The zero-order valence-electron chi connectivity index (χ0n) is 10.9. The second kappa shape index (κ2) is 4.81. The van der Waals surface area contributed by atoms with Crippen molar-refractivity contribution in [2.24, 2.45) is 0 Å². The van der Waals surface area contributed by atoms with Gasteiger partial charge in [-0.2, -0.15) is 0 Å². The SMILES string of the molecule is CC1(O)CCN(C(=O)C2CSCN2)c2ccccc21. The lowest BCUT2D eigenvalue weighted by Crippen LogP contribution is -2.49. The van der Waals surface area contributed by atoms with Gasteiger partial charge in [-0.25, -0.2) is 0 Å². The molecule has 0 spiro atoms. The largest absolute Gasteiger partial charge is 0.385 e. The van der Waals surface area contributed by atoms with Gasteiger partial charge in [0.05, 0.1) is 11.6 Å². The fourth-order valence-corrected chi connectivity index (χ4v) is 3.65. The van der Waals surface area contributed by atoms with Crippen LogP contribution in [0.3, 0.4) is 0 Å². The third-order valence-corrected chi connectivity index (χ3v) is 4.82. The molecule has 0 radical (unpaired) electrons. The monoisotopic (exact) mass is 278 g/mol. The first-order chi connectivity index (χ1) is 9.09. The third kappa shape index (κ3) is 2.26. The average Bonchev–Trinajstić information content (AvgIpc) is 2.92. The topological polar surface area (TPSA) is 52.6 Å². The van der Waals surface area contributed by atoms with Crippen LogP contribution in [0.15, 0.2) is 24.3 Å². The van der Waals surface area contributed by atoms with Gasteiger partial charge < -0.3 is 10.0 Å². The lowest BCUT2D eigenvalue weighted by molar-refractivity contribution is -0.120. The molecule has 0 aromatic heterocycles. The smallest absolute Gasteiger partial charge is 0.245 e. The summed E-state index contributed by atoms with van der Waals surface area (Å²) >= 11 is 1.75. The van der Waals surface area contributed by atoms with Crippen LogP contribution in [-0.4, -0.2) is 35.2 Å². The molecule has 2 heterocycles. The molecule has 5 heteroatoms. The predicted octanol–water partition coefficient (Wildman–Crippen LogP) is 1.29. The molecule has 2 unspecified atom stereocenters. The van der Waals surface area contributed by atoms with Crippen molar-refractivity contribution in [3.05, 3.63) is 29.8 Å². The van der Waals surface area contributed by atoms with Crippen molar-refractivity contribution in [2.45, 2.75) is 25.0 Å². The highest BCUT2D eigenvalue weighted by atomic mass is 32.2. The maximum absolute atomic E-state index is 12.5. The summed E-state index contributed by atoms with van der Waals surface area (Å²) in [5.41, 5.74) is 0.855. The fourth-order valence-electron chi connectivity index (χ4n) is 2.72. The molecule has 1 saturated heterocycles. The van der Waals surface area contributed by atoms with Gasteiger partial charge in [0.25, 0.3) is 0 Å². The molecule has 1 aromatic carbocycles. The molecule has 0 aliphatic carbocycles. The van der Waals surface area contributed by atoms with Crippen LogP contribution in [0.2, 0.25) is 0 Å². The number of para-hydroxylation sites is 1. The molecule has 102 valence electrons. The van der Waals surface area contributed by atoms with E-state index in [1.807, 2.05) is 36.1 Å². The van der Waals surface area contributed by atoms with Crippen LogP contribution in [0.5, 0.6) is 0 Å². The van der Waals surface area contributed by atoms with Crippen LogP contribution in [0, 0.1) is 0 Å². The van der Waals surface area contributed by atoms with E-state index >= 15 is 0 Å². The molecule has 4 nitrogen and oxygen atoms in total. The molecule has 2 aliphatic rings. The Balaban J connectivity index is 1.94. The highest BCUT2D eigenvalue weighted by molar-refractivity contribution is 7.99. The summed E-state index contributed by atoms with van der Waals surface area (Å²) in [7, 11) is 0. The third-order valence-electron chi connectivity index (χ3n) is 3.88. The van der Waals surface area contributed by atoms with Crippen molar-refractivity contribution < 1.29 is 9.90 Å². The minimum absolute atomic E-state index is 0.0962. The van der Waals surface area contributed by atoms with Crippen molar-refractivity contribution in [3.8, 4) is 0 Å². The van der Waals surface area contributed by atoms with Gasteiger partial charge in [0.2, 0.25) is 5.91 Å². The number of carbonyl (C=O) groups is 1. The van der Waals surface area contributed by atoms with Crippen LogP contribution in [0.1, 0.15) is 18.9 Å². The molecular weight excluding hydrogens is 260 g/mol. The molecule has 1 fully saturated rings. The van der Waals surface area contributed by atoms with E-state index in [2.05, 4.69) is 5.32 Å². The van der Waals surface area contributed by atoms with Crippen molar-refractivity contribution in [1.82, 2.24) is 5.32 Å². The number of rotatable bonds is 1. The quantitative estimate of drug-likeness (QED) is 0.813. The lowest BCUT2D eigenvalue weighted by Gasteiger charge is -2.38. The number of benzene rings is 1. The number of thioether (sulfide) groups is 1. The first kappa shape index (κ1) is 13.0. The van der Waals surface area contributed by atoms with Gasteiger partial charge >= 0.3 is 0 Å². The number of fused-ring (bicyclic) bond motifs is 1. The highest BCUT2D eigenvalue weighted by Crippen LogP contribution is 2.38. The second-order valence-corrected chi connectivity index (χ2v) is 6.33. The number of nitrogens with one attached hydrogen (secondary N) is 1. The van der Waals surface area contributed by atoms with Crippen LogP contribution in [0.4, 0.5) is 5.69 Å². The Morgan fingerprint density at radius 1 is 1.53 bits per heavy atom. The van der Waals surface area contributed by atoms with Gasteiger partial charge in [-0.3, -0.25) is 10.1 Å². The molecule has 0 saturated carbocycles. The van der Waals surface area contributed by atoms with E-state index < -0.39 is 5.60 Å². The fraction of sp³-hybridized carbons (Fsp3) is 0.500.